The maximum Gasteiger partial charge on any atom is 0.0568 e. The van der Waals surface area contributed by atoms with E-state index in [0.29, 0.717) is 5.92 Å². The molecular weight excluding hydrogens is 316 g/mol. The quantitative estimate of drug-likeness (QED) is 0.555. The van der Waals surface area contributed by atoms with Gasteiger partial charge in [0.05, 0.1) is 5.70 Å². The number of rotatable bonds is 6. The predicted molar refractivity (Wildman–Crippen MR) is 109 cm³/mol. The van der Waals surface area contributed by atoms with Crippen molar-refractivity contribution in [2.24, 2.45) is 5.84 Å². The third-order valence-corrected chi connectivity index (χ3v) is 5.46. The molecule has 3 N–H and O–H groups in total. The number of nitrogens with two attached hydrogens (primary N) is 1. The summed E-state index contributed by atoms with van der Waals surface area (Å²) < 4.78 is 0. The van der Waals surface area contributed by atoms with E-state index >= 15 is 0 Å². The van der Waals surface area contributed by atoms with Crippen LogP contribution < -0.4 is 11.3 Å². The molecular formula is C24H26N2. The average Bonchev–Trinajstić information content (AvgIpc) is 3.11. The summed E-state index contributed by atoms with van der Waals surface area (Å²) in [5.74, 6) is 6.36. The van der Waals surface area contributed by atoms with E-state index in [1.54, 1.807) is 0 Å². The lowest BCUT2D eigenvalue weighted by molar-refractivity contribution is 0.797. The Bertz CT molecular complexity index is 887. The second-order valence-electron chi connectivity index (χ2n) is 7.17. The molecule has 0 fully saturated rings. The van der Waals surface area contributed by atoms with Gasteiger partial charge < -0.3 is 5.43 Å². The summed E-state index contributed by atoms with van der Waals surface area (Å²) in [5, 5.41) is 0. The third-order valence-electron chi connectivity index (χ3n) is 5.46. The maximum atomic E-state index is 6.03. The minimum Gasteiger partial charge on any atom is -0.324 e. The van der Waals surface area contributed by atoms with Gasteiger partial charge in [-0.2, -0.15) is 0 Å². The van der Waals surface area contributed by atoms with Crippen LogP contribution >= 0.6 is 0 Å². The number of fused-ring (bicyclic) bond motifs is 3. The molecule has 0 aliphatic heterocycles. The molecule has 0 aromatic heterocycles. The Labute approximate surface area is 156 Å². The number of hydrazine groups is 1. The standard InChI is InChI=1S/C24H26N2/c1-2-3-9-18-15-21-19-12-7-8-13-20(19)22(24(26-25)23(21)16-18)14-17-10-5-4-6-11-17/h4-8,10-13,15-16,21,26H,2-3,9,14,25H2,1H3. The number of allylic oxidation sites excluding steroid dienone is 5. The molecule has 2 heteroatoms. The van der Waals surface area contributed by atoms with Crippen molar-refractivity contribution in [3.8, 4) is 0 Å². The molecule has 0 saturated carbocycles. The maximum absolute atomic E-state index is 6.03. The molecule has 2 nitrogen and oxygen atoms in total. The van der Waals surface area contributed by atoms with Gasteiger partial charge in [0.2, 0.25) is 0 Å². The van der Waals surface area contributed by atoms with Gasteiger partial charge >= 0.3 is 0 Å². The fourth-order valence-electron chi connectivity index (χ4n) is 4.17. The van der Waals surface area contributed by atoms with Gasteiger partial charge in [0, 0.05) is 12.3 Å². The van der Waals surface area contributed by atoms with Gasteiger partial charge in [0.25, 0.3) is 0 Å². The Kier molecular flexibility index (Phi) is 4.77. The topological polar surface area (TPSA) is 38.0 Å². The van der Waals surface area contributed by atoms with Crippen molar-refractivity contribution in [2.45, 2.75) is 38.5 Å². The van der Waals surface area contributed by atoms with Crippen LogP contribution in [0, 0.1) is 0 Å². The fourth-order valence-corrected chi connectivity index (χ4v) is 4.17. The lowest BCUT2D eigenvalue weighted by Gasteiger charge is -2.29. The second-order valence-corrected chi connectivity index (χ2v) is 7.17. The molecule has 1 atom stereocenters. The lowest BCUT2D eigenvalue weighted by atomic mass is 9.77. The zero-order valence-electron chi connectivity index (χ0n) is 15.3. The number of benzene rings is 2. The van der Waals surface area contributed by atoms with Crippen LogP contribution in [-0.4, -0.2) is 0 Å². The van der Waals surface area contributed by atoms with Crippen molar-refractivity contribution < 1.29 is 0 Å². The van der Waals surface area contributed by atoms with Crippen molar-refractivity contribution in [3.63, 3.8) is 0 Å². The lowest BCUT2D eigenvalue weighted by Crippen LogP contribution is -2.28. The number of hydrogen-bond donors (Lipinski definition) is 2. The normalized spacial score (nSPS) is 18.2. The highest BCUT2D eigenvalue weighted by atomic mass is 15.2. The molecule has 2 aromatic rings. The highest BCUT2D eigenvalue weighted by Gasteiger charge is 2.32. The van der Waals surface area contributed by atoms with Crippen LogP contribution in [0.3, 0.4) is 0 Å². The van der Waals surface area contributed by atoms with E-state index in [0.717, 1.165) is 18.5 Å². The van der Waals surface area contributed by atoms with Gasteiger partial charge in [-0.05, 0) is 40.7 Å². The Morgan fingerprint density at radius 2 is 1.77 bits per heavy atom. The summed E-state index contributed by atoms with van der Waals surface area (Å²) in [6.07, 6.45) is 9.27. The second kappa shape index (κ2) is 7.35. The zero-order chi connectivity index (χ0) is 17.9. The largest absolute Gasteiger partial charge is 0.324 e. The van der Waals surface area contributed by atoms with Crippen LogP contribution in [-0.2, 0) is 6.42 Å². The monoisotopic (exact) mass is 342 g/mol. The molecule has 26 heavy (non-hydrogen) atoms. The molecule has 0 radical (unpaired) electrons. The summed E-state index contributed by atoms with van der Waals surface area (Å²) in [6, 6.07) is 19.4. The first-order chi connectivity index (χ1) is 12.8. The van der Waals surface area contributed by atoms with E-state index in [1.165, 1.54) is 46.3 Å². The highest BCUT2D eigenvalue weighted by molar-refractivity contribution is 5.82. The van der Waals surface area contributed by atoms with Crippen LogP contribution in [0.5, 0.6) is 0 Å². The average molecular weight is 342 g/mol. The minimum atomic E-state index is 0.323. The number of hydrogen-bond acceptors (Lipinski definition) is 2. The van der Waals surface area contributed by atoms with Crippen molar-refractivity contribution in [2.75, 3.05) is 0 Å². The van der Waals surface area contributed by atoms with E-state index in [4.69, 9.17) is 5.84 Å². The van der Waals surface area contributed by atoms with Gasteiger partial charge in [-0.15, -0.1) is 0 Å². The van der Waals surface area contributed by atoms with Crippen molar-refractivity contribution in [3.05, 3.63) is 100 Å². The Balaban J connectivity index is 1.81. The smallest absolute Gasteiger partial charge is 0.0568 e. The molecule has 4 rings (SSSR count). The van der Waals surface area contributed by atoms with Gasteiger partial charge in [0.15, 0.2) is 0 Å². The summed E-state index contributed by atoms with van der Waals surface area (Å²) in [4.78, 5) is 0. The number of nitrogens with one attached hydrogen (secondary N) is 1. The van der Waals surface area contributed by atoms with Crippen LogP contribution in [0.4, 0.5) is 0 Å². The molecule has 0 spiro atoms. The first-order valence-electron chi connectivity index (χ1n) is 9.57. The predicted octanol–water partition coefficient (Wildman–Crippen LogP) is 5.26. The van der Waals surface area contributed by atoms with Crippen LogP contribution in [0.15, 0.2) is 83.6 Å². The third kappa shape index (κ3) is 3.02. The molecule has 132 valence electrons. The molecule has 0 bridgehead atoms. The molecule has 2 aromatic carbocycles. The van der Waals surface area contributed by atoms with Gasteiger partial charge in [-0.3, -0.25) is 5.84 Å². The van der Waals surface area contributed by atoms with Crippen LogP contribution in [0.1, 0.15) is 48.8 Å². The Morgan fingerprint density at radius 1 is 1.00 bits per heavy atom. The van der Waals surface area contributed by atoms with Crippen LogP contribution in [0.2, 0.25) is 0 Å². The van der Waals surface area contributed by atoms with Gasteiger partial charge in [0.1, 0.15) is 0 Å². The molecule has 1 unspecified atom stereocenters. The van der Waals surface area contributed by atoms with Gasteiger partial charge in [-0.25, -0.2) is 0 Å². The van der Waals surface area contributed by atoms with E-state index in [2.05, 4.69) is 79.1 Å². The molecule has 0 heterocycles. The first-order valence-corrected chi connectivity index (χ1v) is 9.57. The van der Waals surface area contributed by atoms with Crippen molar-refractivity contribution >= 4 is 5.57 Å². The molecule has 2 aliphatic rings. The SMILES string of the molecule is CCCCC1=CC2C(=C1)C(NN)=C(Cc1ccccc1)c1ccccc12. The van der Waals surface area contributed by atoms with Crippen molar-refractivity contribution in [1.82, 2.24) is 5.43 Å². The summed E-state index contributed by atoms with van der Waals surface area (Å²) in [6.45, 7) is 2.25. The summed E-state index contributed by atoms with van der Waals surface area (Å²) in [5.41, 5.74) is 12.2. The van der Waals surface area contributed by atoms with Crippen LogP contribution in [0.25, 0.3) is 5.57 Å². The minimum absolute atomic E-state index is 0.323. The van der Waals surface area contributed by atoms with E-state index in [9.17, 15) is 0 Å². The summed E-state index contributed by atoms with van der Waals surface area (Å²) >= 11 is 0. The fraction of sp³-hybridized carbons (Fsp3) is 0.250. The highest BCUT2D eigenvalue weighted by Crippen LogP contribution is 2.47. The molecule has 0 amide bonds. The Hall–Kier alpha value is -2.58. The molecule has 0 saturated heterocycles. The summed E-state index contributed by atoms with van der Waals surface area (Å²) in [7, 11) is 0. The van der Waals surface area contributed by atoms with E-state index in [1.807, 2.05) is 0 Å². The first kappa shape index (κ1) is 16.9. The Morgan fingerprint density at radius 3 is 2.54 bits per heavy atom. The van der Waals surface area contributed by atoms with Gasteiger partial charge in [-0.1, -0.05) is 85.7 Å². The number of unbranched alkanes of at least 4 members (excludes halogenated alkanes) is 1. The molecule has 2 aliphatic carbocycles. The van der Waals surface area contributed by atoms with E-state index in [-0.39, 0.29) is 0 Å². The zero-order valence-corrected chi connectivity index (χ0v) is 15.3. The van der Waals surface area contributed by atoms with E-state index < -0.39 is 0 Å². The van der Waals surface area contributed by atoms with Crippen molar-refractivity contribution in [1.29, 1.82) is 0 Å².